The third kappa shape index (κ3) is 3.99. The lowest BCUT2D eigenvalue weighted by Gasteiger charge is -2.26. The zero-order chi connectivity index (χ0) is 21.2. The number of hydrogen-bond acceptors (Lipinski definition) is 3. The predicted octanol–water partition coefficient (Wildman–Crippen LogP) is 2.95. The molecule has 1 fully saturated rings. The van der Waals surface area contributed by atoms with Gasteiger partial charge in [-0.05, 0) is 36.6 Å². The van der Waals surface area contributed by atoms with Crippen LogP contribution in [0.2, 0.25) is 0 Å². The first-order valence-corrected chi connectivity index (χ1v) is 9.46. The smallest absolute Gasteiger partial charge is 0.325 e. The SMILES string of the molecule is CCC1(c2ccc(F)cc2)NC(=O)N(CC(=O)N(C)Cc2ccc(C)cc2)C1=O. The van der Waals surface area contributed by atoms with Gasteiger partial charge in [0.1, 0.15) is 17.9 Å². The minimum absolute atomic E-state index is 0.285. The molecule has 1 saturated heterocycles. The van der Waals surface area contributed by atoms with E-state index in [9.17, 15) is 18.8 Å². The molecule has 29 heavy (non-hydrogen) atoms. The van der Waals surface area contributed by atoms with Crippen LogP contribution in [0.25, 0.3) is 0 Å². The number of hydrogen-bond donors (Lipinski definition) is 1. The van der Waals surface area contributed by atoms with Gasteiger partial charge in [-0.2, -0.15) is 0 Å². The average Bonchev–Trinajstić information content (AvgIpc) is 2.95. The standard InChI is InChI=1S/C22H24FN3O3/c1-4-22(17-9-11-18(23)12-10-17)20(28)26(21(29)24-22)14-19(27)25(3)13-16-7-5-15(2)6-8-16/h5-12H,4,13-14H2,1-3H3,(H,24,29). The molecule has 1 aliphatic rings. The van der Waals surface area contributed by atoms with E-state index in [1.165, 1.54) is 29.2 Å². The van der Waals surface area contributed by atoms with Crippen molar-refractivity contribution in [1.82, 2.24) is 15.1 Å². The van der Waals surface area contributed by atoms with Crippen molar-refractivity contribution in [2.75, 3.05) is 13.6 Å². The molecule has 1 atom stereocenters. The number of rotatable bonds is 6. The first kappa shape index (κ1) is 20.5. The van der Waals surface area contributed by atoms with Crippen LogP contribution in [0.3, 0.4) is 0 Å². The molecule has 1 aliphatic heterocycles. The average molecular weight is 397 g/mol. The molecular weight excluding hydrogens is 373 g/mol. The first-order valence-electron chi connectivity index (χ1n) is 9.46. The van der Waals surface area contributed by atoms with Crippen molar-refractivity contribution in [1.29, 1.82) is 0 Å². The molecule has 3 rings (SSSR count). The normalized spacial score (nSPS) is 18.7. The van der Waals surface area contributed by atoms with Gasteiger partial charge in [0.2, 0.25) is 5.91 Å². The van der Waals surface area contributed by atoms with Crippen LogP contribution >= 0.6 is 0 Å². The van der Waals surface area contributed by atoms with Crippen molar-refractivity contribution in [2.45, 2.75) is 32.4 Å². The van der Waals surface area contributed by atoms with Crippen molar-refractivity contribution in [3.05, 3.63) is 71.0 Å². The third-order valence-corrected chi connectivity index (χ3v) is 5.30. The molecule has 6 nitrogen and oxygen atoms in total. The van der Waals surface area contributed by atoms with Crippen molar-refractivity contribution in [2.24, 2.45) is 0 Å². The lowest BCUT2D eigenvalue weighted by Crippen LogP contribution is -2.45. The number of aryl methyl sites for hydroxylation is 1. The van der Waals surface area contributed by atoms with Gasteiger partial charge in [-0.15, -0.1) is 0 Å². The van der Waals surface area contributed by atoms with Crippen LogP contribution in [0, 0.1) is 12.7 Å². The van der Waals surface area contributed by atoms with Crippen molar-refractivity contribution < 1.29 is 18.8 Å². The second-order valence-electron chi connectivity index (χ2n) is 7.32. The molecule has 1 heterocycles. The predicted molar refractivity (Wildman–Crippen MR) is 106 cm³/mol. The van der Waals surface area contributed by atoms with Crippen LogP contribution in [-0.4, -0.2) is 41.2 Å². The zero-order valence-electron chi connectivity index (χ0n) is 16.7. The summed E-state index contributed by atoms with van der Waals surface area (Å²) in [4.78, 5) is 40.6. The second kappa shape index (κ2) is 8.03. The number of nitrogens with zero attached hydrogens (tertiary/aromatic N) is 2. The van der Waals surface area contributed by atoms with E-state index >= 15 is 0 Å². The molecule has 0 aromatic heterocycles. The highest BCUT2D eigenvalue weighted by atomic mass is 19.1. The van der Waals surface area contributed by atoms with Gasteiger partial charge in [-0.3, -0.25) is 14.5 Å². The van der Waals surface area contributed by atoms with Crippen molar-refractivity contribution in [3.63, 3.8) is 0 Å². The molecular formula is C22H24FN3O3. The molecule has 1 unspecified atom stereocenters. The van der Waals surface area contributed by atoms with Crippen molar-refractivity contribution in [3.8, 4) is 0 Å². The van der Waals surface area contributed by atoms with Crippen LogP contribution in [-0.2, 0) is 21.7 Å². The monoisotopic (exact) mass is 397 g/mol. The maximum atomic E-state index is 13.3. The van der Waals surface area contributed by atoms with E-state index in [1.54, 1.807) is 14.0 Å². The molecule has 0 bridgehead atoms. The summed E-state index contributed by atoms with van der Waals surface area (Å²) in [5.41, 5.74) is 1.28. The molecule has 2 aromatic rings. The fourth-order valence-electron chi connectivity index (χ4n) is 3.46. The van der Waals surface area contributed by atoms with Gasteiger partial charge in [-0.25, -0.2) is 9.18 Å². The number of imide groups is 1. The van der Waals surface area contributed by atoms with Gasteiger partial charge in [-0.1, -0.05) is 48.9 Å². The van der Waals surface area contributed by atoms with E-state index in [1.807, 2.05) is 31.2 Å². The van der Waals surface area contributed by atoms with Crippen LogP contribution < -0.4 is 5.32 Å². The van der Waals surface area contributed by atoms with E-state index in [0.717, 1.165) is 16.0 Å². The lowest BCUT2D eigenvalue weighted by molar-refractivity contribution is -0.138. The van der Waals surface area contributed by atoms with Crippen LogP contribution in [0.4, 0.5) is 9.18 Å². The Morgan fingerprint density at radius 2 is 1.72 bits per heavy atom. The Labute approximate surface area is 169 Å². The summed E-state index contributed by atoms with van der Waals surface area (Å²) in [6.07, 6.45) is 0.285. The summed E-state index contributed by atoms with van der Waals surface area (Å²) in [6.45, 7) is 3.77. The second-order valence-corrected chi connectivity index (χ2v) is 7.32. The number of benzene rings is 2. The Hall–Kier alpha value is -3.22. The van der Waals surface area contributed by atoms with Gasteiger partial charge in [0.05, 0.1) is 0 Å². The largest absolute Gasteiger partial charge is 0.340 e. The molecule has 152 valence electrons. The number of carbonyl (C=O) groups excluding carboxylic acids is 3. The molecule has 0 spiro atoms. The maximum Gasteiger partial charge on any atom is 0.325 e. The lowest BCUT2D eigenvalue weighted by atomic mass is 9.87. The first-order chi connectivity index (χ1) is 13.8. The molecule has 1 N–H and O–H groups in total. The van der Waals surface area contributed by atoms with E-state index < -0.39 is 23.3 Å². The number of halogens is 1. The molecule has 0 saturated carbocycles. The molecule has 7 heteroatoms. The van der Waals surface area contributed by atoms with Crippen molar-refractivity contribution >= 4 is 17.8 Å². The number of carbonyl (C=O) groups is 3. The summed E-state index contributed by atoms with van der Waals surface area (Å²) in [5, 5.41) is 2.70. The Bertz CT molecular complexity index is 927. The van der Waals surface area contributed by atoms with Gasteiger partial charge in [0.15, 0.2) is 0 Å². The van der Waals surface area contributed by atoms with E-state index in [4.69, 9.17) is 0 Å². The number of urea groups is 1. The summed E-state index contributed by atoms with van der Waals surface area (Å²) >= 11 is 0. The van der Waals surface area contributed by atoms with Crippen LogP contribution in [0.15, 0.2) is 48.5 Å². The number of amides is 4. The van der Waals surface area contributed by atoms with Crippen LogP contribution in [0.5, 0.6) is 0 Å². The van der Waals surface area contributed by atoms with Gasteiger partial charge >= 0.3 is 6.03 Å². The quantitative estimate of drug-likeness (QED) is 0.762. The van der Waals surface area contributed by atoms with E-state index in [0.29, 0.717) is 12.1 Å². The summed E-state index contributed by atoms with van der Waals surface area (Å²) < 4.78 is 13.3. The maximum absolute atomic E-state index is 13.3. The molecule has 0 aliphatic carbocycles. The topological polar surface area (TPSA) is 69.7 Å². The summed E-state index contributed by atoms with van der Waals surface area (Å²) in [5.74, 6) is -1.28. The van der Waals surface area contributed by atoms with E-state index in [2.05, 4.69) is 5.32 Å². The highest BCUT2D eigenvalue weighted by molar-refractivity contribution is 6.09. The highest BCUT2D eigenvalue weighted by Crippen LogP contribution is 2.32. The molecule has 2 aromatic carbocycles. The summed E-state index contributed by atoms with van der Waals surface area (Å²) in [7, 11) is 1.63. The minimum Gasteiger partial charge on any atom is -0.340 e. The van der Waals surface area contributed by atoms with Crippen LogP contribution in [0.1, 0.15) is 30.0 Å². The molecule has 4 amide bonds. The minimum atomic E-state index is -1.29. The number of nitrogens with one attached hydrogen (secondary N) is 1. The van der Waals surface area contributed by atoms with Gasteiger partial charge in [0, 0.05) is 13.6 Å². The Balaban J connectivity index is 1.74. The Morgan fingerprint density at radius 1 is 1.10 bits per heavy atom. The van der Waals surface area contributed by atoms with Gasteiger partial charge < -0.3 is 10.2 Å². The summed E-state index contributed by atoms with van der Waals surface area (Å²) in [6, 6.07) is 12.6. The van der Waals surface area contributed by atoms with Gasteiger partial charge in [0.25, 0.3) is 5.91 Å². The fraction of sp³-hybridized carbons (Fsp3) is 0.318. The Kier molecular flexibility index (Phi) is 5.68. The highest BCUT2D eigenvalue weighted by Gasteiger charge is 2.51. The fourth-order valence-corrected chi connectivity index (χ4v) is 3.46. The zero-order valence-corrected chi connectivity index (χ0v) is 16.7. The third-order valence-electron chi connectivity index (χ3n) is 5.30. The Morgan fingerprint density at radius 3 is 2.31 bits per heavy atom. The molecule has 0 radical (unpaired) electrons. The van der Waals surface area contributed by atoms with E-state index in [-0.39, 0.29) is 18.9 Å². The number of likely N-dealkylation sites (N-methyl/N-ethyl adjacent to an activating group) is 1.